The number of amides is 2. The molecule has 2 amide bonds. The number of carboxylic acid groups (broad SMARTS) is 1. The van der Waals surface area contributed by atoms with Crippen LogP contribution in [0, 0.1) is 0 Å². The summed E-state index contributed by atoms with van der Waals surface area (Å²) in [5.41, 5.74) is 0.347. The van der Waals surface area contributed by atoms with E-state index < -0.39 is 5.97 Å². The summed E-state index contributed by atoms with van der Waals surface area (Å²) in [5.74, 6) is -1.26. The van der Waals surface area contributed by atoms with Crippen LogP contribution >= 0.6 is 0 Å². The SMILES string of the molecule is CN1N=C(C(=O)N(CCC(=O)O)C2CC2)CCC1=O. The van der Waals surface area contributed by atoms with Crippen molar-refractivity contribution in [2.75, 3.05) is 13.6 Å². The quantitative estimate of drug-likeness (QED) is 0.762. The maximum atomic E-state index is 12.3. The van der Waals surface area contributed by atoms with Crippen LogP contribution < -0.4 is 0 Å². The Balaban J connectivity index is 2.05. The van der Waals surface area contributed by atoms with Gasteiger partial charge in [0.05, 0.1) is 6.42 Å². The van der Waals surface area contributed by atoms with Gasteiger partial charge < -0.3 is 10.0 Å². The molecule has 2 rings (SSSR count). The zero-order chi connectivity index (χ0) is 14.0. The normalized spacial score (nSPS) is 19.1. The van der Waals surface area contributed by atoms with Gasteiger partial charge in [-0.2, -0.15) is 5.10 Å². The average Bonchev–Trinajstić information content (AvgIpc) is 3.16. The van der Waals surface area contributed by atoms with Gasteiger partial charge in [-0.15, -0.1) is 0 Å². The van der Waals surface area contributed by atoms with Crippen LogP contribution in [-0.2, 0) is 14.4 Å². The number of hydrogen-bond donors (Lipinski definition) is 1. The van der Waals surface area contributed by atoms with Gasteiger partial charge in [0.2, 0.25) is 5.91 Å². The summed E-state index contributed by atoms with van der Waals surface area (Å²) in [7, 11) is 1.52. The molecule has 1 aliphatic heterocycles. The van der Waals surface area contributed by atoms with Crippen LogP contribution in [-0.4, -0.2) is 58.1 Å². The summed E-state index contributed by atoms with van der Waals surface area (Å²) in [6.07, 6.45) is 2.36. The van der Waals surface area contributed by atoms with Crippen molar-refractivity contribution in [2.24, 2.45) is 5.10 Å². The maximum Gasteiger partial charge on any atom is 0.305 e. The van der Waals surface area contributed by atoms with Crippen molar-refractivity contribution in [3.05, 3.63) is 0 Å². The summed E-state index contributed by atoms with van der Waals surface area (Å²) in [6, 6.07) is 0.137. The van der Waals surface area contributed by atoms with E-state index >= 15 is 0 Å². The molecule has 0 aromatic rings. The molecule has 0 radical (unpaired) electrons. The summed E-state index contributed by atoms with van der Waals surface area (Å²) in [5, 5.41) is 13.9. The van der Waals surface area contributed by atoms with Crippen molar-refractivity contribution in [1.82, 2.24) is 9.91 Å². The Kier molecular flexibility index (Phi) is 3.82. The summed E-state index contributed by atoms with van der Waals surface area (Å²) < 4.78 is 0. The zero-order valence-corrected chi connectivity index (χ0v) is 10.8. The second kappa shape index (κ2) is 5.38. The average molecular weight is 267 g/mol. The molecular formula is C12H17N3O4. The standard InChI is InChI=1S/C12H17N3O4/c1-14-10(16)5-4-9(13-14)12(19)15(8-2-3-8)7-6-11(17)18/h8H,2-7H2,1H3,(H,17,18). The Morgan fingerprint density at radius 2 is 2.11 bits per heavy atom. The Labute approximate surface area is 110 Å². The topological polar surface area (TPSA) is 90.3 Å². The van der Waals surface area contributed by atoms with Gasteiger partial charge in [0.25, 0.3) is 5.91 Å². The molecule has 1 saturated carbocycles. The molecule has 0 spiro atoms. The van der Waals surface area contributed by atoms with Crippen LogP contribution in [0.1, 0.15) is 32.1 Å². The molecule has 104 valence electrons. The summed E-state index contributed by atoms with van der Waals surface area (Å²) >= 11 is 0. The van der Waals surface area contributed by atoms with E-state index in [0.29, 0.717) is 12.1 Å². The van der Waals surface area contributed by atoms with Crippen molar-refractivity contribution in [3.8, 4) is 0 Å². The summed E-state index contributed by atoms with van der Waals surface area (Å²) in [4.78, 5) is 35.8. The fourth-order valence-corrected chi connectivity index (χ4v) is 2.04. The van der Waals surface area contributed by atoms with E-state index in [4.69, 9.17) is 5.11 Å². The Morgan fingerprint density at radius 1 is 1.42 bits per heavy atom. The van der Waals surface area contributed by atoms with Crippen molar-refractivity contribution in [3.63, 3.8) is 0 Å². The van der Waals surface area contributed by atoms with Crippen LogP contribution in [0.3, 0.4) is 0 Å². The minimum absolute atomic E-state index is 0.0652. The predicted molar refractivity (Wildman–Crippen MR) is 66.4 cm³/mol. The molecule has 2 aliphatic rings. The predicted octanol–water partition coefficient (Wildman–Crippen LogP) is 0.0603. The van der Waals surface area contributed by atoms with Gasteiger partial charge in [-0.05, 0) is 12.8 Å². The monoisotopic (exact) mass is 267 g/mol. The number of nitrogens with zero attached hydrogens (tertiary/aromatic N) is 3. The van der Waals surface area contributed by atoms with Crippen LogP contribution in [0.5, 0.6) is 0 Å². The Bertz CT molecular complexity index is 442. The van der Waals surface area contributed by atoms with E-state index in [9.17, 15) is 14.4 Å². The molecule has 1 fully saturated rings. The van der Waals surface area contributed by atoms with Gasteiger partial charge in [0, 0.05) is 32.5 Å². The number of rotatable bonds is 5. The lowest BCUT2D eigenvalue weighted by atomic mass is 10.1. The maximum absolute atomic E-state index is 12.3. The van der Waals surface area contributed by atoms with Crippen molar-refractivity contribution >= 4 is 23.5 Å². The lowest BCUT2D eigenvalue weighted by Gasteiger charge is -2.25. The molecule has 1 heterocycles. The molecule has 0 saturated heterocycles. The molecular weight excluding hydrogens is 250 g/mol. The second-order valence-corrected chi connectivity index (χ2v) is 4.84. The highest BCUT2D eigenvalue weighted by Gasteiger charge is 2.35. The fraction of sp³-hybridized carbons (Fsp3) is 0.667. The fourth-order valence-electron chi connectivity index (χ4n) is 2.04. The third kappa shape index (κ3) is 3.30. The first-order valence-corrected chi connectivity index (χ1v) is 6.36. The highest BCUT2D eigenvalue weighted by Crippen LogP contribution is 2.28. The van der Waals surface area contributed by atoms with E-state index in [0.717, 1.165) is 12.8 Å². The number of carbonyl (C=O) groups is 3. The third-order valence-electron chi connectivity index (χ3n) is 3.27. The van der Waals surface area contributed by atoms with E-state index in [1.807, 2.05) is 0 Å². The van der Waals surface area contributed by atoms with Gasteiger partial charge in [-0.25, -0.2) is 5.01 Å². The zero-order valence-electron chi connectivity index (χ0n) is 10.8. The van der Waals surface area contributed by atoms with Gasteiger partial charge in [-0.3, -0.25) is 14.4 Å². The first kappa shape index (κ1) is 13.5. The molecule has 0 aromatic heterocycles. The lowest BCUT2D eigenvalue weighted by molar-refractivity contribution is -0.137. The largest absolute Gasteiger partial charge is 0.481 e. The van der Waals surface area contributed by atoms with Gasteiger partial charge in [-0.1, -0.05) is 0 Å². The smallest absolute Gasteiger partial charge is 0.305 e. The molecule has 0 aromatic carbocycles. The van der Waals surface area contributed by atoms with E-state index in [1.54, 1.807) is 4.90 Å². The number of hydrazone groups is 1. The molecule has 19 heavy (non-hydrogen) atoms. The third-order valence-corrected chi connectivity index (χ3v) is 3.27. The van der Waals surface area contributed by atoms with Crippen molar-refractivity contribution in [1.29, 1.82) is 0 Å². The van der Waals surface area contributed by atoms with Gasteiger partial charge in [0.15, 0.2) is 0 Å². The number of carbonyl (C=O) groups excluding carboxylic acids is 2. The molecule has 7 nitrogen and oxygen atoms in total. The number of aliphatic carboxylic acids is 1. The van der Waals surface area contributed by atoms with Crippen LogP contribution in [0.25, 0.3) is 0 Å². The van der Waals surface area contributed by atoms with Crippen LogP contribution in [0.4, 0.5) is 0 Å². The minimum atomic E-state index is -0.920. The Hall–Kier alpha value is -1.92. The number of hydrogen-bond acceptors (Lipinski definition) is 4. The molecule has 0 bridgehead atoms. The summed E-state index contributed by atoms with van der Waals surface area (Å²) in [6.45, 7) is 0.204. The van der Waals surface area contributed by atoms with E-state index in [1.165, 1.54) is 12.1 Å². The number of carboxylic acids is 1. The minimum Gasteiger partial charge on any atom is -0.481 e. The molecule has 0 atom stereocenters. The molecule has 1 N–H and O–H groups in total. The molecule has 7 heteroatoms. The molecule has 1 aliphatic carbocycles. The van der Waals surface area contributed by atoms with Gasteiger partial charge >= 0.3 is 5.97 Å². The lowest BCUT2D eigenvalue weighted by Crippen LogP contribution is -2.42. The Morgan fingerprint density at radius 3 is 2.63 bits per heavy atom. The second-order valence-electron chi connectivity index (χ2n) is 4.84. The van der Waals surface area contributed by atoms with E-state index in [2.05, 4.69) is 5.10 Å². The first-order chi connectivity index (χ1) is 8.99. The molecule has 0 unspecified atom stereocenters. The van der Waals surface area contributed by atoms with E-state index in [-0.39, 0.29) is 37.2 Å². The van der Waals surface area contributed by atoms with Crippen molar-refractivity contribution < 1.29 is 19.5 Å². The highest BCUT2D eigenvalue weighted by atomic mass is 16.4. The van der Waals surface area contributed by atoms with Gasteiger partial charge in [0.1, 0.15) is 5.71 Å². The van der Waals surface area contributed by atoms with Crippen LogP contribution in [0.2, 0.25) is 0 Å². The first-order valence-electron chi connectivity index (χ1n) is 6.36. The van der Waals surface area contributed by atoms with Crippen LogP contribution in [0.15, 0.2) is 5.10 Å². The highest BCUT2D eigenvalue weighted by molar-refractivity contribution is 6.39. The van der Waals surface area contributed by atoms with Crippen molar-refractivity contribution in [2.45, 2.75) is 38.1 Å².